The average Bonchev–Trinajstić information content (AvgIpc) is 3.13. The zero-order valence-electron chi connectivity index (χ0n) is 15.0. The third kappa shape index (κ3) is 3.98. The van der Waals surface area contributed by atoms with Crippen LogP contribution in [-0.2, 0) is 17.1 Å². The summed E-state index contributed by atoms with van der Waals surface area (Å²) in [6.07, 6.45) is 2.63. The second kappa shape index (κ2) is 7.51. The average molecular weight is 449 g/mol. The molecule has 0 fully saturated rings. The minimum absolute atomic E-state index is 0.00157. The lowest BCUT2D eigenvalue weighted by Gasteiger charge is -2.14. The second-order valence-corrected chi connectivity index (χ2v) is 8.56. The summed E-state index contributed by atoms with van der Waals surface area (Å²) in [5.41, 5.74) is 1.57. The number of para-hydroxylation sites is 2. The molecule has 0 aliphatic heterocycles. The van der Waals surface area contributed by atoms with E-state index in [0.717, 1.165) is 0 Å². The molecule has 0 bridgehead atoms. The highest BCUT2D eigenvalue weighted by Gasteiger charge is 2.21. The van der Waals surface area contributed by atoms with Gasteiger partial charge in [-0.2, -0.15) is 5.10 Å². The maximum absolute atomic E-state index is 12.8. The van der Waals surface area contributed by atoms with E-state index >= 15 is 0 Å². The van der Waals surface area contributed by atoms with Crippen LogP contribution in [0.2, 0.25) is 10.0 Å². The molecular weight excluding hydrogens is 435 g/mol. The molecule has 2 aromatic carbocycles. The summed E-state index contributed by atoms with van der Waals surface area (Å²) in [5, 5.41) is 7.55. The van der Waals surface area contributed by atoms with Gasteiger partial charge >= 0.3 is 0 Å². The molecule has 2 heterocycles. The molecule has 4 rings (SSSR count). The number of nitrogens with one attached hydrogen (secondary N) is 2. The number of hydrogen-bond acceptors (Lipinski definition) is 6. The van der Waals surface area contributed by atoms with Crippen LogP contribution in [0.1, 0.15) is 0 Å². The van der Waals surface area contributed by atoms with Crippen LogP contribution in [-0.4, -0.2) is 28.2 Å². The van der Waals surface area contributed by atoms with Crippen molar-refractivity contribution in [1.82, 2.24) is 19.7 Å². The summed E-state index contributed by atoms with van der Waals surface area (Å²) in [4.78, 5) is 8.93. The van der Waals surface area contributed by atoms with Crippen LogP contribution in [0.25, 0.3) is 11.0 Å². The van der Waals surface area contributed by atoms with Gasteiger partial charge in [-0.15, -0.1) is 0 Å². The first-order valence-electron chi connectivity index (χ1n) is 8.33. The standard InChI is InChI=1S/C18H14Cl2N6O2S/c1-26-10-11(9-21-26)29(27,28)25-18-17(22-13-6-2-3-7-14(13)23-18)24-15-8-4-5-12(19)16(15)20/h2-10H,1H3,(H,22,24)(H,23,25). The van der Waals surface area contributed by atoms with Crippen molar-refractivity contribution in [3.05, 3.63) is 64.9 Å². The number of nitrogens with zero attached hydrogens (tertiary/aromatic N) is 4. The van der Waals surface area contributed by atoms with E-state index < -0.39 is 10.0 Å². The van der Waals surface area contributed by atoms with Gasteiger partial charge in [0.05, 0.1) is 33.0 Å². The van der Waals surface area contributed by atoms with Crippen LogP contribution in [0.5, 0.6) is 0 Å². The lowest BCUT2D eigenvalue weighted by atomic mass is 10.3. The highest BCUT2D eigenvalue weighted by molar-refractivity contribution is 7.92. The summed E-state index contributed by atoms with van der Waals surface area (Å²) in [7, 11) is -2.30. The van der Waals surface area contributed by atoms with E-state index in [1.165, 1.54) is 17.1 Å². The molecule has 2 aromatic heterocycles. The lowest BCUT2D eigenvalue weighted by Crippen LogP contribution is -2.15. The first kappa shape index (κ1) is 19.4. The minimum atomic E-state index is -3.93. The zero-order chi connectivity index (χ0) is 20.6. The molecule has 0 radical (unpaired) electrons. The summed E-state index contributed by atoms with van der Waals surface area (Å²) < 4.78 is 29.4. The van der Waals surface area contributed by atoms with Crippen molar-refractivity contribution in [3.63, 3.8) is 0 Å². The maximum atomic E-state index is 12.8. The Kier molecular flexibility index (Phi) is 5.03. The molecule has 4 aromatic rings. The number of aromatic nitrogens is 4. The molecule has 0 aliphatic rings. The molecule has 11 heteroatoms. The number of sulfonamides is 1. The van der Waals surface area contributed by atoms with Crippen molar-refractivity contribution in [2.24, 2.45) is 7.05 Å². The first-order valence-corrected chi connectivity index (χ1v) is 10.6. The van der Waals surface area contributed by atoms with Crippen molar-refractivity contribution in [2.45, 2.75) is 4.90 Å². The number of fused-ring (bicyclic) bond motifs is 1. The SMILES string of the molecule is Cn1cc(S(=O)(=O)Nc2nc3ccccc3nc2Nc2cccc(Cl)c2Cl)cn1. The second-order valence-electron chi connectivity index (χ2n) is 6.09. The minimum Gasteiger partial charge on any atom is -0.336 e. The van der Waals surface area contributed by atoms with E-state index in [1.54, 1.807) is 43.4 Å². The Bertz CT molecular complexity index is 1320. The Hall–Kier alpha value is -2.88. The smallest absolute Gasteiger partial charge is 0.266 e. The molecule has 29 heavy (non-hydrogen) atoms. The molecule has 0 saturated carbocycles. The van der Waals surface area contributed by atoms with Crippen molar-refractivity contribution in [2.75, 3.05) is 10.0 Å². The summed E-state index contributed by atoms with van der Waals surface area (Å²) in [6, 6.07) is 12.2. The quantitative estimate of drug-likeness (QED) is 0.473. The predicted octanol–water partition coefficient (Wildman–Crippen LogP) is 4.21. The number of aryl methyl sites for hydroxylation is 1. The van der Waals surface area contributed by atoms with Gasteiger partial charge in [-0.1, -0.05) is 41.4 Å². The Morgan fingerprint density at radius 3 is 2.31 bits per heavy atom. The van der Waals surface area contributed by atoms with Crippen LogP contribution in [0.4, 0.5) is 17.3 Å². The molecule has 0 unspecified atom stereocenters. The van der Waals surface area contributed by atoms with E-state index in [1.807, 2.05) is 6.07 Å². The Morgan fingerprint density at radius 1 is 0.966 bits per heavy atom. The zero-order valence-corrected chi connectivity index (χ0v) is 17.3. The van der Waals surface area contributed by atoms with Gasteiger partial charge in [-0.25, -0.2) is 18.4 Å². The van der Waals surface area contributed by atoms with E-state index in [-0.39, 0.29) is 21.6 Å². The van der Waals surface area contributed by atoms with Gasteiger partial charge in [0.25, 0.3) is 10.0 Å². The van der Waals surface area contributed by atoms with Gasteiger partial charge in [0.2, 0.25) is 0 Å². The monoisotopic (exact) mass is 448 g/mol. The molecule has 8 nitrogen and oxygen atoms in total. The van der Waals surface area contributed by atoms with Gasteiger partial charge in [-0.3, -0.25) is 9.40 Å². The largest absolute Gasteiger partial charge is 0.336 e. The normalized spacial score (nSPS) is 11.6. The van der Waals surface area contributed by atoms with Crippen LogP contribution in [0, 0.1) is 0 Å². The van der Waals surface area contributed by atoms with Gasteiger partial charge in [-0.05, 0) is 24.3 Å². The van der Waals surface area contributed by atoms with Crippen molar-refractivity contribution in [3.8, 4) is 0 Å². The summed E-state index contributed by atoms with van der Waals surface area (Å²) in [6.45, 7) is 0. The lowest BCUT2D eigenvalue weighted by molar-refractivity contribution is 0.601. The third-order valence-corrected chi connectivity index (χ3v) is 6.11. The molecule has 0 spiro atoms. The summed E-state index contributed by atoms with van der Waals surface area (Å²) in [5.74, 6) is 0.198. The van der Waals surface area contributed by atoms with Crippen molar-refractivity contribution >= 4 is 61.6 Å². The maximum Gasteiger partial charge on any atom is 0.266 e. The molecule has 148 valence electrons. The number of benzene rings is 2. The van der Waals surface area contributed by atoms with E-state index in [2.05, 4.69) is 25.1 Å². The third-order valence-electron chi connectivity index (χ3n) is 4.00. The highest BCUT2D eigenvalue weighted by Crippen LogP contribution is 2.34. The van der Waals surface area contributed by atoms with Crippen molar-refractivity contribution in [1.29, 1.82) is 0 Å². The number of halogens is 2. The number of anilines is 3. The fourth-order valence-corrected chi connectivity index (χ4v) is 3.95. The molecule has 0 saturated heterocycles. The van der Waals surface area contributed by atoms with E-state index in [9.17, 15) is 8.42 Å². The van der Waals surface area contributed by atoms with Crippen LogP contribution in [0.3, 0.4) is 0 Å². The van der Waals surface area contributed by atoms with Gasteiger partial charge in [0, 0.05) is 13.2 Å². The van der Waals surface area contributed by atoms with Crippen LogP contribution >= 0.6 is 23.2 Å². The molecule has 2 N–H and O–H groups in total. The van der Waals surface area contributed by atoms with E-state index in [4.69, 9.17) is 23.2 Å². The Morgan fingerprint density at radius 2 is 1.66 bits per heavy atom. The number of rotatable bonds is 5. The fourth-order valence-electron chi connectivity index (χ4n) is 2.61. The van der Waals surface area contributed by atoms with E-state index in [0.29, 0.717) is 21.7 Å². The molecule has 0 amide bonds. The van der Waals surface area contributed by atoms with Crippen molar-refractivity contribution < 1.29 is 8.42 Å². The molecule has 0 atom stereocenters. The fraction of sp³-hybridized carbons (Fsp3) is 0.0556. The molecular formula is C18H14Cl2N6O2S. The van der Waals surface area contributed by atoms with Gasteiger partial charge in [0.15, 0.2) is 11.6 Å². The van der Waals surface area contributed by atoms with Gasteiger partial charge < -0.3 is 5.32 Å². The van der Waals surface area contributed by atoms with Gasteiger partial charge in [0.1, 0.15) is 4.90 Å². The highest BCUT2D eigenvalue weighted by atomic mass is 35.5. The predicted molar refractivity (Wildman–Crippen MR) is 113 cm³/mol. The topological polar surface area (TPSA) is 102 Å². The first-order chi connectivity index (χ1) is 13.8. The summed E-state index contributed by atoms with van der Waals surface area (Å²) >= 11 is 12.3. The Labute approximate surface area is 176 Å². The molecule has 0 aliphatic carbocycles. The van der Waals surface area contributed by atoms with Crippen LogP contribution < -0.4 is 10.0 Å². The van der Waals surface area contributed by atoms with Crippen LogP contribution in [0.15, 0.2) is 59.8 Å². The number of hydrogen-bond donors (Lipinski definition) is 2. The Balaban J connectivity index is 1.81.